The van der Waals surface area contributed by atoms with Gasteiger partial charge in [0.15, 0.2) is 0 Å². The molecule has 4 nitrogen and oxygen atoms in total. The van der Waals surface area contributed by atoms with E-state index in [1.807, 2.05) is 16.5 Å². The van der Waals surface area contributed by atoms with E-state index in [0.717, 1.165) is 30.9 Å². The lowest BCUT2D eigenvalue weighted by molar-refractivity contribution is -0.132. The Kier molecular flexibility index (Phi) is 3.90. The highest BCUT2D eigenvalue weighted by molar-refractivity contribution is 7.09. The molecule has 2 N–H and O–H groups in total. The van der Waals surface area contributed by atoms with Gasteiger partial charge < -0.3 is 10.6 Å². The molecule has 0 spiro atoms. The zero-order valence-electron chi connectivity index (χ0n) is 9.26. The van der Waals surface area contributed by atoms with Gasteiger partial charge in [-0.2, -0.15) is 0 Å². The number of hydrogen-bond donors (Lipinski definition) is 1. The SMILES string of the molecule is NCCC(=O)N1CCCC(c2nccs2)C1. The fraction of sp³-hybridized carbons (Fsp3) is 0.636. The van der Waals surface area contributed by atoms with E-state index >= 15 is 0 Å². The van der Waals surface area contributed by atoms with Crippen LogP contribution in [0.25, 0.3) is 0 Å². The Morgan fingerprint density at radius 1 is 1.69 bits per heavy atom. The standard InChI is InChI=1S/C11H17N3OS/c12-4-3-10(15)14-6-1-2-9(8-14)11-13-5-7-16-11/h5,7,9H,1-4,6,8,12H2. The predicted molar refractivity (Wildman–Crippen MR) is 64.3 cm³/mol. The summed E-state index contributed by atoms with van der Waals surface area (Å²) in [5.74, 6) is 0.610. The molecule has 2 rings (SSSR count). The largest absolute Gasteiger partial charge is 0.342 e. The van der Waals surface area contributed by atoms with E-state index < -0.39 is 0 Å². The summed E-state index contributed by atoms with van der Waals surface area (Å²) < 4.78 is 0. The van der Waals surface area contributed by atoms with Gasteiger partial charge in [0.2, 0.25) is 5.91 Å². The zero-order valence-corrected chi connectivity index (χ0v) is 10.1. The Morgan fingerprint density at radius 3 is 3.25 bits per heavy atom. The number of thiazole rings is 1. The van der Waals surface area contributed by atoms with Crippen LogP contribution in [0.2, 0.25) is 0 Å². The predicted octanol–water partition coefficient (Wildman–Crippen LogP) is 1.20. The number of nitrogens with two attached hydrogens (primary N) is 1. The Labute approximate surface area is 99.5 Å². The highest BCUT2D eigenvalue weighted by Crippen LogP contribution is 2.28. The minimum absolute atomic E-state index is 0.184. The molecule has 0 aliphatic carbocycles. The van der Waals surface area contributed by atoms with Crippen molar-refractivity contribution in [1.82, 2.24) is 9.88 Å². The van der Waals surface area contributed by atoms with Crippen LogP contribution < -0.4 is 5.73 Å². The summed E-state index contributed by atoms with van der Waals surface area (Å²) in [6, 6.07) is 0. The van der Waals surface area contributed by atoms with Gasteiger partial charge in [0.05, 0.1) is 5.01 Å². The van der Waals surface area contributed by atoms with E-state index in [9.17, 15) is 4.79 Å². The zero-order chi connectivity index (χ0) is 11.4. The Hall–Kier alpha value is -0.940. The van der Waals surface area contributed by atoms with Gasteiger partial charge in [-0.1, -0.05) is 0 Å². The molecule has 1 aromatic heterocycles. The molecule has 1 fully saturated rings. The maximum atomic E-state index is 11.7. The van der Waals surface area contributed by atoms with Gasteiger partial charge in [0.1, 0.15) is 0 Å². The number of rotatable bonds is 3. The van der Waals surface area contributed by atoms with E-state index in [-0.39, 0.29) is 5.91 Å². The molecule has 0 saturated carbocycles. The molecule has 88 valence electrons. The number of nitrogens with zero attached hydrogens (tertiary/aromatic N) is 2. The van der Waals surface area contributed by atoms with Crippen molar-refractivity contribution >= 4 is 17.2 Å². The van der Waals surface area contributed by atoms with Crippen LogP contribution in [0, 0.1) is 0 Å². The van der Waals surface area contributed by atoms with Gasteiger partial charge in [0, 0.05) is 43.5 Å². The van der Waals surface area contributed by atoms with Gasteiger partial charge in [-0.15, -0.1) is 11.3 Å². The van der Waals surface area contributed by atoms with Crippen LogP contribution in [0.15, 0.2) is 11.6 Å². The number of likely N-dealkylation sites (tertiary alicyclic amines) is 1. The maximum Gasteiger partial charge on any atom is 0.223 e. The Morgan fingerprint density at radius 2 is 2.56 bits per heavy atom. The first kappa shape index (κ1) is 11.5. The van der Waals surface area contributed by atoms with Crippen LogP contribution in [-0.4, -0.2) is 35.4 Å². The summed E-state index contributed by atoms with van der Waals surface area (Å²) >= 11 is 1.68. The van der Waals surface area contributed by atoms with Crippen LogP contribution in [0.4, 0.5) is 0 Å². The summed E-state index contributed by atoms with van der Waals surface area (Å²) in [7, 11) is 0. The van der Waals surface area contributed by atoms with E-state index in [1.165, 1.54) is 0 Å². The second-order valence-corrected chi connectivity index (χ2v) is 5.01. The van der Waals surface area contributed by atoms with E-state index in [1.54, 1.807) is 11.3 Å². The van der Waals surface area contributed by atoms with Gasteiger partial charge in [0.25, 0.3) is 0 Å². The second-order valence-electron chi connectivity index (χ2n) is 4.09. The van der Waals surface area contributed by atoms with Crippen molar-refractivity contribution in [2.45, 2.75) is 25.2 Å². The lowest BCUT2D eigenvalue weighted by Crippen LogP contribution is -2.39. The number of amides is 1. The summed E-state index contributed by atoms with van der Waals surface area (Å²) in [6.07, 6.45) is 4.51. The van der Waals surface area contributed by atoms with Crippen molar-refractivity contribution in [1.29, 1.82) is 0 Å². The number of carbonyl (C=O) groups excluding carboxylic acids is 1. The molecule has 1 aliphatic heterocycles. The molecule has 16 heavy (non-hydrogen) atoms. The third kappa shape index (κ3) is 2.59. The average Bonchev–Trinajstić information content (AvgIpc) is 2.83. The first-order valence-electron chi connectivity index (χ1n) is 5.68. The number of carbonyl (C=O) groups is 1. The monoisotopic (exact) mass is 239 g/mol. The smallest absolute Gasteiger partial charge is 0.223 e. The third-order valence-corrected chi connectivity index (χ3v) is 3.87. The third-order valence-electron chi connectivity index (χ3n) is 2.93. The molecule has 1 aromatic rings. The molecule has 2 heterocycles. The Bertz CT molecular complexity index is 339. The molecular formula is C11H17N3OS. The van der Waals surface area contributed by atoms with Gasteiger partial charge in [-0.05, 0) is 12.8 Å². The topological polar surface area (TPSA) is 59.2 Å². The lowest BCUT2D eigenvalue weighted by Gasteiger charge is -2.31. The van der Waals surface area contributed by atoms with E-state index in [2.05, 4.69) is 4.98 Å². The summed E-state index contributed by atoms with van der Waals surface area (Å²) in [5, 5.41) is 3.15. The highest BCUT2D eigenvalue weighted by atomic mass is 32.1. The lowest BCUT2D eigenvalue weighted by atomic mass is 9.98. The van der Waals surface area contributed by atoms with Crippen LogP contribution in [0.5, 0.6) is 0 Å². The van der Waals surface area contributed by atoms with Gasteiger partial charge in [-0.3, -0.25) is 4.79 Å². The maximum absolute atomic E-state index is 11.7. The summed E-state index contributed by atoms with van der Waals surface area (Å²) in [6.45, 7) is 2.13. The van der Waals surface area contributed by atoms with Crippen LogP contribution >= 0.6 is 11.3 Å². The quantitative estimate of drug-likeness (QED) is 0.862. The fourth-order valence-corrected chi connectivity index (χ4v) is 2.89. The first-order chi connectivity index (χ1) is 7.81. The molecule has 0 radical (unpaired) electrons. The van der Waals surface area contributed by atoms with Gasteiger partial charge in [-0.25, -0.2) is 4.98 Å². The molecule has 1 aliphatic rings. The molecule has 1 saturated heterocycles. The fourth-order valence-electron chi connectivity index (χ4n) is 2.12. The van der Waals surface area contributed by atoms with Gasteiger partial charge >= 0.3 is 0 Å². The van der Waals surface area contributed by atoms with Crippen molar-refractivity contribution in [2.75, 3.05) is 19.6 Å². The van der Waals surface area contributed by atoms with Crippen molar-refractivity contribution in [3.05, 3.63) is 16.6 Å². The van der Waals surface area contributed by atoms with Crippen molar-refractivity contribution in [3.63, 3.8) is 0 Å². The van der Waals surface area contributed by atoms with Crippen molar-refractivity contribution < 1.29 is 4.79 Å². The van der Waals surface area contributed by atoms with Crippen LogP contribution in [0.3, 0.4) is 0 Å². The number of piperidine rings is 1. The van der Waals surface area contributed by atoms with Crippen LogP contribution in [-0.2, 0) is 4.79 Å². The molecule has 0 bridgehead atoms. The molecule has 1 atom stereocenters. The minimum atomic E-state index is 0.184. The highest BCUT2D eigenvalue weighted by Gasteiger charge is 2.25. The minimum Gasteiger partial charge on any atom is -0.342 e. The van der Waals surface area contributed by atoms with E-state index in [0.29, 0.717) is 18.9 Å². The summed E-state index contributed by atoms with van der Waals surface area (Å²) in [4.78, 5) is 18.0. The molecule has 1 unspecified atom stereocenters. The van der Waals surface area contributed by atoms with Crippen LogP contribution in [0.1, 0.15) is 30.2 Å². The molecule has 0 aromatic carbocycles. The van der Waals surface area contributed by atoms with E-state index in [4.69, 9.17) is 5.73 Å². The molecule has 1 amide bonds. The summed E-state index contributed by atoms with van der Waals surface area (Å²) in [5.41, 5.74) is 5.41. The number of hydrogen-bond acceptors (Lipinski definition) is 4. The normalized spacial score (nSPS) is 21.1. The Balaban J connectivity index is 1.96. The second kappa shape index (κ2) is 5.41. The average molecular weight is 239 g/mol. The first-order valence-corrected chi connectivity index (χ1v) is 6.56. The van der Waals surface area contributed by atoms with Crippen molar-refractivity contribution in [3.8, 4) is 0 Å². The van der Waals surface area contributed by atoms with Crippen molar-refractivity contribution in [2.24, 2.45) is 5.73 Å². The number of aromatic nitrogens is 1. The molecule has 5 heteroatoms. The molecular weight excluding hydrogens is 222 g/mol.